The first-order chi connectivity index (χ1) is 12.9. The number of imide groups is 1. The van der Waals surface area contributed by atoms with E-state index in [9.17, 15) is 19.2 Å². The van der Waals surface area contributed by atoms with Gasteiger partial charge >= 0.3 is 0 Å². The van der Waals surface area contributed by atoms with E-state index in [1.807, 2.05) is 0 Å². The third-order valence-corrected chi connectivity index (χ3v) is 4.12. The van der Waals surface area contributed by atoms with Gasteiger partial charge in [0, 0.05) is 12.6 Å². The summed E-state index contributed by atoms with van der Waals surface area (Å²) in [6, 6.07) is 10.7. The van der Waals surface area contributed by atoms with Gasteiger partial charge in [-0.05, 0) is 30.3 Å². The number of amides is 4. The van der Waals surface area contributed by atoms with Crippen LogP contribution in [0.15, 0.2) is 42.5 Å². The van der Waals surface area contributed by atoms with Crippen molar-refractivity contribution >= 4 is 29.3 Å². The van der Waals surface area contributed by atoms with Crippen molar-refractivity contribution < 1.29 is 19.2 Å². The Kier molecular flexibility index (Phi) is 4.73. The molecular formula is C20H15N3O4. The van der Waals surface area contributed by atoms with E-state index in [1.54, 1.807) is 24.3 Å². The van der Waals surface area contributed by atoms with Gasteiger partial charge in [-0.3, -0.25) is 24.1 Å². The van der Waals surface area contributed by atoms with Crippen molar-refractivity contribution in [3.8, 4) is 12.3 Å². The molecular weight excluding hydrogens is 346 g/mol. The maximum atomic E-state index is 12.6. The lowest BCUT2D eigenvalue weighted by atomic mass is 10.0. The number of hydrogen-bond acceptors (Lipinski definition) is 4. The molecule has 3 rings (SSSR count). The van der Waals surface area contributed by atoms with Crippen molar-refractivity contribution in [1.29, 1.82) is 0 Å². The van der Waals surface area contributed by atoms with E-state index in [4.69, 9.17) is 6.42 Å². The van der Waals surface area contributed by atoms with Gasteiger partial charge in [-0.2, -0.15) is 0 Å². The second-order valence-corrected chi connectivity index (χ2v) is 5.82. The van der Waals surface area contributed by atoms with Gasteiger partial charge in [0.05, 0.1) is 28.9 Å². The molecule has 0 aromatic heterocycles. The van der Waals surface area contributed by atoms with Crippen molar-refractivity contribution in [2.24, 2.45) is 0 Å². The van der Waals surface area contributed by atoms with Gasteiger partial charge in [0.2, 0.25) is 0 Å². The molecule has 1 aliphatic heterocycles. The Morgan fingerprint density at radius 3 is 2.48 bits per heavy atom. The van der Waals surface area contributed by atoms with E-state index in [0.717, 1.165) is 4.90 Å². The van der Waals surface area contributed by atoms with Crippen LogP contribution in [0.25, 0.3) is 0 Å². The van der Waals surface area contributed by atoms with Crippen LogP contribution in [0, 0.1) is 12.3 Å². The van der Waals surface area contributed by atoms with E-state index in [1.165, 1.54) is 25.2 Å². The molecule has 0 fully saturated rings. The molecule has 134 valence electrons. The van der Waals surface area contributed by atoms with E-state index in [2.05, 4.69) is 16.6 Å². The van der Waals surface area contributed by atoms with Crippen molar-refractivity contribution in [1.82, 2.24) is 10.2 Å². The number of carbonyl (C=O) groups excluding carboxylic acids is 4. The molecule has 0 saturated carbocycles. The first kappa shape index (κ1) is 17.9. The van der Waals surface area contributed by atoms with Gasteiger partial charge in [-0.25, -0.2) is 0 Å². The second kappa shape index (κ2) is 7.14. The van der Waals surface area contributed by atoms with Crippen molar-refractivity contribution in [3.05, 3.63) is 64.7 Å². The highest BCUT2D eigenvalue weighted by Gasteiger charge is 2.33. The fourth-order valence-electron chi connectivity index (χ4n) is 2.71. The summed E-state index contributed by atoms with van der Waals surface area (Å²) in [4.78, 5) is 49.8. The Labute approximate surface area is 155 Å². The number of anilines is 1. The minimum Gasteiger partial charge on any atom is -0.341 e. The largest absolute Gasteiger partial charge is 0.341 e. The van der Waals surface area contributed by atoms with Crippen LogP contribution in [-0.4, -0.2) is 42.1 Å². The summed E-state index contributed by atoms with van der Waals surface area (Å²) in [6.07, 6.45) is 5.14. The highest BCUT2D eigenvalue weighted by atomic mass is 16.2. The molecule has 27 heavy (non-hydrogen) atoms. The highest BCUT2D eigenvalue weighted by molar-refractivity contribution is 6.22. The van der Waals surface area contributed by atoms with Crippen LogP contribution >= 0.6 is 0 Å². The number of nitrogens with one attached hydrogen (secondary N) is 2. The van der Waals surface area contributed by atoms with Crippen molar-refractivity contribution in [2.45, 2.75) is 0 Å². The van der Waals surface area contributed by atoms with E-state index in [0.29, 0.717) is 5.69 Å². The number of fused-ring (bicyclic) bond motifs is 1. The lowest BCUT2D eigenvalue weighted by molar-refractivity contribution is 0.0692. The summed E-state index contributed by atoms with van der Waals surface area (Å²) in [5, 5.41) is 5.19. The van der Waals surface area contributed by atoms with Crippen LogP contribution in [0.1, 0.15) is 41.4 Å². The lowest BCUT2D eigenvalue weighted by Gasteiger charge is -2.11. The molecule has 2 N–H and O–H groups in total. The topological polar surface area (TPSA) is 95.6 Å². The van der Waals surface area contributed by atoms with Crippen LogP contribution < -0.4 is 10.6 Å². The maximum Gasteiger partial charge on any atom is 0.261 e. The second-order valence-electron chi connectivity index (χ2n) is 5.82. The lowest BCUT2D eigenvalue weighted by Crippen LogP contribution is -2.25. The molecule has 2 aromatic rings. The number of terminal acetylenes is 1. The van der Waals surface area contributed by atoms with E-state index >= 15 is 0 Å². The van der Waals surface area contributed by atoms with Crippen molar-refractivity contribution in [2.75, 3.05) is 18.9 Å². The van der Waals surface area contributed by atoms with Crippen molar-refractivity contribution in [3.63, 3.8) is 0 Å². The summed E-state index contributed by atoms with van der Waals surface area (Å²) in [5.41, 5.74) is 1.19. The third-order valence-electron chi connectivity index (χ3n) is 4.12. The Morgan fingerprint density at radius 1 is 1.04 bits per heavy atom. The molecule has 0 saturated heterocycles. The maximum absolute atomic E-state index is 12.6. The fourth-order valence-corrected chi connectivity index (χ4v) is 2.71. The Bertz CT molecular complexity index is 1020. The Balaban J connectivity index is 1.86. The SMILES string of the molecule is C#CCNC(=O)c1ccccc1NC(=O)c1ccc2c(c1)C(=O)N(C)C2=O. The Hall–Kier alpha value is -3.92. The minimum absolute atomic E-state index is 0.0651. The molecule has 2 aromatic carbocycles. The number of benzene rings is 2. The van der Waals surface area contributed by atoms with Gasteiger partial charge in [-0.15, -0.1) is 6.42 Å². The molecule has 1 aliphatic rings. The van der Waals surface area contributed by atoms with Crippen LogP contribution in [0.2, 0.25) is 0 Å². The molecule has 0 aliphatic carbocycles. The first-order valence-electron chi connectivity index (χ1n) is 8.02. The average Bonchev–Trinajstić information content (AvgIpc) is 2.90. The molecule has 0 spiro atoms. The number of para-hydroxylation sites is 1. The number of nitrogens with zero attached hydrogens (tertiary/aromatic N) is 1. The quantitative estimate of drug-likeness (QED) is 0.638. The number of hydrogen-bond donors (Lipinski definition) is 2. The van der Waals surface area contributed by atoms with E-state index < -0.39 is 23.6 Å². The minimum atomic E-state index is -0.509. The molecule has 0 bridgehead atoms. The average molecular weight is 361 g/mol. The normalized spacial score (nSPS) is 12.4. The molecule has 1 heterocycles. The number of carbonyl (C=O) groups is 4. The fraction of sp³-hybridized carbons (Fsp3) is 0.100. The van der Waals surface area contributed by atoms with E-state index in [-0.39, 0.29) is 28.8 Å². The molecule has 7 heteroatoms. The highest BCUT2D eigenvalue weighted by Crippen LogP contribution is 2.23. The molecule has 0 atom stereocenters. The van der Waals surface area contributed by atoms with Crippen LogP contribution in [0.4, 0.5) is 5.69 Å². The summed E-state index contributed by atoms with van der Waals surface area (Å²) < 4.78 is 0. The summed E-state index contributed by atoms with van der Waals surface area (Å²) in [6.45, 7) is 0.0651. The van der Waals surface area contributed by atoms with Crippen LogP contribution in [0.5, 0.6) is 0 Å². The smallest absolute Gasteiger partial charge is 0.261 e. The summed E-state index contributed by atoms with van der Waals surface area (Å²) in [5.74, 6) is 0.516. The zero-order valence-corrected chi connectivity index (χ0v) is 14.4. The number of rotatable bonds is 4. The van der Waals surface area contributed by atoms with Gasteiger partial charge in [-0.1, -0.05) is 18.1 Å². The summed E-state index contributed by atoms with van der Waals surface area (Å²) in [7, 11) is 1.38. The monoisotopic (exact) mass is 361 g/mol. The molecule has 7 nitrogen and oxygen atoms in total. The standard InChI is InChI=1S/C20H15N3O4/c1-3-10-21-18(25)14-6-4-5-7-16(14)22-17(24)12-8-9-13-15(11-12)20(27)23(2)19(13)26/h1,4-9,11H,10H2,2H3,(H,21,25)(H,22,24). The zero-order chi connectivity index (χ0) is 19.6. The van der Waals surface area contributed by atoms with Gasteiger partial charge in [0.1, 0.15) is 0 Å². The molecule has 0 radical (unpaired) electrons. The third kappa shape index (κ3) is 3.28. The summed E-state index contributed by atoms with van der Waals surface area (Å²) >= 11 is 0. The van der Waals surface area contributed by atoms with Gasteiger partial charge < -0.3 is 10.6 Å². The zero-order valence-electron chi connectivity index (χ0n) is 14.4. The van der Waals surface area contributed by atoms with Gasteiger partial charge in [0.25, 0.3) is 23.6 Å². The first-order valence-corrected chi connectivity index (χ1v) is 8.02. The van der Waals surface area contributed by atoms with Gasteiger partial charge in [0.15, 0.2) is 0 Å². The van der Waals surface area contributed by atoms with Crippen LogP contribution in [0.3, 0.4) is 0 Å². The predicted octanol–water partition coefficient (Wildman–Crippen LogP) is 1.53. The van der Waals surface area contributed by atoms with Crippen LogP contribution in [-0.2, 0) is 0 Å². The molecule has 4 amide bonds. The molecule has 0 unspecified atom stereocenters. The Morgan fingerprint density at radius 2 is 1.74 bits per heavy atom. The predicted molar refractivity (Wildman–Crippen MR) is 98.4 cm³/mol.